The summed E-state index contributed by atoms with van der Waals surface area (Å²) in [5.41, 5.74) is 0.322. The molecule has 0 saturated carbocycles. The first-order chi connectivity index (χ1) is 8.72. The molecule has 0 spiro atoms. The Hall–Kier alpha value is -2.29. The van der Waals surface area contributed by atoms with Crippen LogP contribution in [0.2, 0.25) is 0 Å². The van der Waals surface area contributed by atoms with Crippen LogP contribution in [-0.2, 0) is 16.8 Å². The van der Waals surface area contributed by atoms with E-state index in [-0.39, 0.29) is 0 Å². The number of fused-ring (bicyclic) bond motifs is 1. The summed E-state index contributed by atoms with van der Waals surface area (Å²) in [5, 5.41) is 9.56. The van der Waals surface area contributed by atoms with E-state index in [1.807, 2.05) is 42.5 Å². The lowest BCUT2D eigenvalue weighted by atomic mass is 9.89. The molecule has 0 saturated heterocycles. The number of para-hydroxylation sites is 1. The lowest BCUT2D eigenvalue weighted by Gasteiger charge is -2.24. The van der Waals surface area contributed by atoms with Crippen LogP contribution in [0.1, 0.15) is 11.1 Å². The first-order valence-electron chi connectivity index (χ1n) is 5.78. The predicted molar refractivity (Wildman–Crippen MR) is 66.5 cm³/mol. The maximum Gasteiger partial charge on any atom is 0.353 e. The van der Waals surface area contributed by atoms with Gasteiger partial charge < -0.3 is 9.84 Å². The molecule has 3 nitrogen and oxygen atoms in total. The minimum Gasteiger partial charge on any atom is -0.478 e. The Labute approximate surface area is 105 Å². The van der Waals surface area contributed by atoms with Gasteiger partial charge in [-0.3, -0.25) is 0 Å². The highest BCUT2D eigenvalue weighted by atomic mass is 16.5. The van der Waals surface area contributed by atoms with Gasteiger partial charge >= 0.3 is 5.97 Å². The van der Waals surface area contributed by atoms with Crippen molar-refractivity contribution < 1.29 is 14.6 Å². The maximum atomic E-state index is 11.7. The number of carboxylic acid groups (broad SMARTS) is 1. The predicted octanol–water partition coefficient (Wildman–Crippen LogP) is 2.60. The lowest BCUT2D eigenvalue weighted by molar-refractivity contribution is -0.154. The summed E-state index contributed by atoms with van der Waals surface area (Å²) in [4.78, 5) is 11.7. The SMILES string of the molecule is O=C(O)C1(c2ccccc2)Cc2ccccc2O1. The van der Waals surface area contributed by atoms with Gasteiger partial charge in [0.15, 0.2) is 0 Å². The monoisotopic (exact) mass is 240 g/mol. The van der Waals surface area contributed by atoms with Gasteiger partial charge in [-0.2, -0.15) is 0 Å². The van der Waals surface area contributed by atoms with Crippen LogP contribution >= 0.6 is 0 Å². The van der Waals surface area contributed by atoms with Crippen LogP contribution in [0.25, 0.3) is 0 Å². The van der Waals surface area contributed by atoms with Gasteiger partial charge in [0.25, 0.3) is 0 Å². The molecule has 0 radical (unpaired) electrons. The first kappa shape index (κ1) is 10.8. The van der Waals surface area contributed by atoms with Gasteiger partial charge in [-0.25, -0.2) is 4.79 Å². The van der Waals surface area contributed by atoms with Gasteiger partial charge in [0.2, 0.25) is 5.60 Å². The van der Waals surface area contributed by atoms with E-state index in [9.17, 15) is 9.90 Å². The molecular formula is C15H12O3. The Kier molecular flexibility index (Phi) is 2.33. The van der Waals surface area contributed by atoms with E-state index in [0.717, 1.165) is 5.56 Å². The summed E-state index contributed by atoms with van der Waals surface area (Å²) >= 11 is 0. The highest BCUT2D eigenvalue weighted by Gasteiger charge is 2.47. The fraction of sp³-hybridized carbons (Fsp3) is 0.133. The Morgan fingerprint density at radius 2 is 1.72 bits per heavy atom. The summed E-state index contributed by atoms with van der Waals surface area (Å²) < 4.78 is 5.74. The first-order valence-corrected chi connectivity index (χ1v) is 5.78. The number of rotatable bonds is 2. The summed E-state index contributed by atoms with van der Waals surface area (Å²) in [6.45, 7) is 0. The average Bonchev–Trinajstić information content (AvgIpc) is 2.80. The van der Waals surface area contributed by atoms with Crippen molar-refractivity contribution in [2.24, 2.45) is 0 Å². The summed E-state index contributed by atoms with van der Waals surface area (Å²) in [5.74, 6) is -0.298. The fourth-order valence-corrected chi connectivity index (χ4v) is 2.35. The van der Waals surface area contributed by atoms with Crippen molar-refractivity contribution in [1.29, 1.82) is 0 Å². The van der Waals surface area contributed by atoms with E-state index in [2.05, 4.69) is 0 Å². The molecule has 18 heavy (non-hydrogen) atoms. The molecule has 3 heteroatoms. The Morgan fingerprint density at radius 3 is 2.39 bits per heavy atom. The molecule has 2 aromatic rings. The zero-order valence-corrected chi connectivity index (χ0v) is 9.67. The molecule has 0 aliphatic carbocycles. The molecule has 0 bridgehead atoms. The molecule has 0 amide bonds. The fourth-order valence-electron chi connectivity index (χ4n) is 2.35. The van der Waals surface area contributed by atoms with Crippen LogP contribution in [0.4, 0.5) is 0 Å². The van der Waals surface area contributed by atoms with Gasteiger partial charge in [0.1, 0.15) is 5.75 Å². The van der Waals surface area contributed by atoms with Crippen molar-refractivity contribution in [3.05, 3.63) is 65.7 Å². The Bertz CT molecular complexity index is 565. The zero-order valence-electron chi connectivity index (χ0n) is 9.67. The highest BCUT2D eigenvalue weighted by molar-refractivity contribution is 5.82. The molecule has 0 aromatic heterocycles. The average molecular weight is 240 g/mol. The summed E-state index contributed by atoms with van der Waals surface area (Å²) in [6, 6.07) is 16.6. The third-order valence-electron chi connectivity index (χ3n) is 3.28. The number of carbonyl (C=O) groups is 1. The Morgan fingerprint density at radius 1 is 1.06 bits per heavy atom. The third kappa shape index (κ3) is 1.48. The van der Waals surface area contributed by atoms with Crippen LogP contribution < -0.4 is 4.74 Å². The molecule has 1 N–H and O–H groups in total. The number of aliphatic carboxylic acids is 1. The molecular weight excluding hydrogens is 228 g/mol. The quantitative estimate of drug-likeness (QED) is 0.877. The minimum atomic E-state index is -1.29. The number of benzene rings is 2. The van der Waals surface area contributed by atoms with Gasteiger partial charge in [-0.15, -0.1) is 0 Å². The van der Waals surface area contributed by atoms with Crippen molar-refractivity contribution in [2.45, 2.75) is 12.0 Å². The highest BCUT2D eigenvalue weighted by Crippen LogP contribution is 2.41. The molecule has 1 atom stereocenters. The van der Waals surface area contributed by atoms with Crippen LogP contribution in [0.5, 0.6) is 5.75 Å². The van der Waals surface area contributed by atoms with E-state index < -0.39 is 11.6 Å². The van der Waals surface area contributed by atoms with E-state index in [4.69, 9.17) is 4.74 Å². The van der Waals surface area contributed by atoms with Crippen LogP contribution in [0.3, 0.4) is 0 Å². The van der Waals surface area contributed by atoms with Crippen molar-refractivity contribution in [2.75, 3.05) is 0 Å². The number of hydrogen-bond donors (Lipinski definition) is 1. The van der Waals surface area contributed by atoms with Crippen molar-refractivity contribution >= 4 is 5.97 Å². The summed E-state index contributed by atoms with van der Waals surface area (Å²) in [6.07, 6.45) is 0.364. The second-order valence-corrected chi connectivity index (χ2v) is 4.38. The van der Waals surface area contributed by atoms with Crippen LogP contribution in [-0.4, -0.2) is 11.1 Å². The van der Waals surface area contributed by atoms with E-state index >= 15 is 0 Å². The number of hydrogen-bond acceptors (Lipinski definition) is 2. The largest absolute Gasteiger partial charge is 0.478 e. The standard InChI is InChI=1S/C15H12O3/c16-14(17)15(12-7-2-1-3-8-12)10-11-6-4-5-9-13(11)18-15/h1-9H,10H2,(H,16,17). The van der Waals surface area contributed by atoms with Crippen molar-refractivity contribution in [3.63, 3.8) is 0 Å². The van der Waals surface area contributed by atoms with Crippen molar-refractivity contribution in [3.8, 4) is 5.75 Å². The molecule has 1 unspecified atom stereocenters. The Balaban J connectivity index is 2.11. The molecule has 1 aliphatic rings. The van der Waals surface area contributed by atoms with E-state index in [0.29, 0.717) is 17.7 Å². The molecule has 2 aromatic carbocycles. The van der Waals surface area contributed by atoms with E-state index in [1.54, 1.807) is 12.1 Å². The topological polar surface area (TPSA) is 46.5 Å². The van der Waals surface area contributed by atoms with Gasteiger partial charge in [0.05, 0.1) is 0 Å². The van der Waals surface area contributed by atoms with Gasteiger partial charge in [-0.1, -0.05) is 48.5 Å². The number of carboxylic acids is 1. The molecule has 1 aliphatic heterocycles. The molecule has 0 fully saturated rings. The van der Waals surface area contributed by atoms with Crippen LogP contribution in [0, 0.1) is 0 Å². The normalized spacial score (nSPS) is 21.1. The maximum absolute atomic E-state index is 11.7. The zero-order chi connectivity index (χ0) is 12.6. The molecule has 90 valence electrons. The number of ether oxygens (including phenoxy) is 1. The van der Waals surface area contributed by atoms with Gasteiger partial charge in [0, 0.05) is 12.0 Å². The lowest BCUT2D eigenvalue weighted by Crippen LogP contribution is -2.40. The third-order valence-corrected chi connectivity index (χ3v) is 3.28. The molecule has 3 rings (SSSR count). The minimum absolute atomic E-state index is 0.364. The second-order valence-electron chi connectivity index (χ2n) is 4.38. The smallest absolute Gasteiger partial charge is 0.353 e. The van der Waals surface area contributed by atoms with Gasteiger partial charge in [-0.05, 0) is 11.6 Å². The van der Waals surface area contributed by atoms with E-state index in [1.165, 1.54) is 0 Å². The van der Waals surface area contributed by atoms with Crippen LogP contribution in [0.15, 0.2) is 54.6 Å². The summed E-state index contributed by atoms with van der Waals surface area (Å²) in [7, 11) is 0. The molecule has 1 heterocycles. The van der Waals surface area contributed by atoms with Crippen molar-refractivity contribution in [1.82, 2.24) is 0 Å². The second kappa shape index (κ2) is 3.88.